The highest BCUT2D eigenvalue weighted by molar-refractivity contribution is 7.92. The van der Waals surface area contributed by atoms with Crippen LogP contribution >= 0.6 is 11.6 Å². The summed E-state index contributed by atoms with van der Waals surface area (Å²) in [5, 5.41) is 3.43. The van der Waals surface area contributed by atoms with Gasteiger partial charge in [0.25, 0.3) is 10.0 Å². The number of rotatable bonds is 15. The summed E-state index contributed by atoms with van der Waals surface area (Å²) in [7, 11) is -4.20. The second kappa shape index (κ2) is 16.3. The second-order valence-electron chi connectivity index (χ2n) is 10.9. The smallest absolute Gasteiger partial charge is 0.264 e. The number of amides is 2. The molecule has 0 saturated heterocycles. The second-order valence-corrected chi connectivity index (χ2v) is 13.2. The highest BCUT2D eigenvalue weighted by atomic mass is 35.5. The van der Waals surface area contributed by atoms with Crippen molar-refractivity contribution in [2.24, 2.45) is 0 Å². The van der Waals surface area contributed by atoms with Crippen molar-refractivity contribution in [3.63, 3.8) is 0 Å². The Kier molecular flexibility index (Phi) is 12.2. The minimum absolute atomic E-state index is 0.0398. The van der Waals surface area contributed by atoms with Gasteiger partial charge in [-0.05, 0) is 79.9 Å². The molecule has 0 unspecified atom stereocenters. The minimum atomic E-state index is -4.20. The normalized spacial score (nSPS) is 11.8. The van der Waals surface area contributed by atoms with E-state index in [0.29, 0.717) is 35.9 Å². The van der Waals surface area contributed by atoms with Crippen LogP contribution in [0.25, 0.3) is 0 Å². The van der Waals surface area contributed by atoms with E-state index in [4.69, 9.17) is 16.3 Å². The lowest BCUT2D eigenvalue weighted by molar-refractivity contribution is -0.140. The van der Waals surface area contributed by atoms with E-state index in [1.165, 1.54) is 17.0 Å². The molecule has 0 saturated carbocycles. The van der Waals surface area contributed by atoms with Crippen molar-refractivity contribution < 1.29 is 22.7 Å². The van der Waals surface area contributed by atoms with Gasteiger partial charge in [-0.25, -0.2) is 8.42 Å². The highest BCUT2D eigenvalue weighted by Crippen LogP contribution is 2.27. The molecule has 0 aromatic heterocycles. The summed E-state index contributed by atoms with van der Waals surface area (Å²) < 4.78 is 35.0. The van der Waals surface area contributed by atoms with E-state index in [-0.39, 0.29) is 29.5 Å². The van der Waals surface area contributed by atoms with Gasteiger partial charge >= 0.3 is 0 Å². The van der Waals surface area contributed by atoms with E-state index in [2.05, 4.69) is 5.32 Å². The summed E-state index contributed by atoms with van der Waals surface area (Å²) in [5.41, 5.74) is 2.75. The fourth-order valence-corrected chi connectivity index (χ4v) is 6.62. The number of hydrogen-bond donors (Lipinski definition) is 1. The van der Waals surface area contributed by atoms with Gasteiger partial charge in [0, 0.05) is 24.5 Å². The fraction of sp³-hybridized carbons (Fsp3) is 0.278. The molecule has 0 aliphatic rings. The number of anilines is 1. The molecule has 46 heavy (non-hydrogen) atoms. The van der Waals surface area contributed by atoms with Gasteiger partial charge in [0.05, 0.1) is 17.2 Å². The molecule has 0 aliphatic heterocycles. The quantitative estimate of drug-likeness (QED) is 0.159. The maximum atomic E-state index is 14.5. The molecule has 0 bridgehead atoms. The SMILES string of the molecule is CCCNC(=O)[C@H](Cc1ccccc1)N(Cc1cccc(Cl)c1)C(=O)CN(c1ccc(OCC)cc1)S(=O)(=O)c1ccc(C)cc1. The van der Waals surface area contributed by atoms with Gasteiger partial charge in [0.15, 0.2) is 0 Å². The molecule has 8 nitrogen and oxygen atoms in total. The number of hydrogen-bond acceptors (Lipinski definition) is 5. The van der Waals surface area contributed by atoms with Gasteiger partial charge < -0.3 is 15.0 Å². The lowest BCUT2D eigenvalue weighted by Gasteiger charge is -2.34. The molecule has 2 amide bonds. The van der Waals surface area contributed by atoms with Gasteiger partial charge in [-0.15, -0.1) is 0 Å². The Morgan fingerprint density at radius 2 is 1.54 bits per heavy atom. The van der Waals surface area contributed by atoms with E-state index in [0.717, 1.165) is 15.4 Å². The van der Waals surface area contributed by atoms with E-state index in [1.54, 1.807) is 54.6 Å². The molecule has 4 rings (SSSR count). The minimum Gasteiger partial charge on any atom is -0.494 e. The first-order chi connectivity index (χ1) is 22.1. The molecule has 0 spiro atoms. The molecule has 1 N–H and O–H groups in total. The van der Waals surface area contributed by atoms with Crippen molar-refractivity contribution in [1.29, 1.82) is 0 Å². The Hall–Kier alpha value is -4.34. The maximum absolute atomic E-state index is 14.5. The Labute approximate surface area is 277 Å². The number of aryl methyl sites for hydroxylation is 1. The third-order valence-corrected chi connectivity index (χ3v) is 9.41. The van der Waals surface area contributed by atoms with E-state index < -0.39 is 28.5 Å². The molecule has 0 radical (unpaired) electrons. The van der Waals surface area contributed by atoms with Crippen LogP contribution in [0.2, 0.25) is 5.02 Å². The van der Waals surface area contributed by atoms with Crippen LogP contribution in [0.5, 0.6) is 5.75 Å². The molecule has 1 atom stereocenters. The summed E-state index contributed by atoms with van der Waals surface area (Å²) >= 11 is 6.31. The molecular weight excluding hydrogens is 622 g/mol. The average molecular weight is 662 g/mol. The summed E-state index contributed by atoms with van der Waals surface area (Å²) in [4.78, 5) is 29.7. The van der Waals surface area contributed by atoms with Gasteiger partial charge in [0.2, 0.25) is 11.8 Å². The summed E-state index contributed by atoms with van der Waals surface area (Å²) in [6.45, 7) is 6.06. The number of benzene rings is 4. The Bertz CT molecular complexity index is 1700. The van der Waals surface area contributed by atoms with E-state index in [1.807, 2.05) is 57.2 Å². The first-order valence-electron chi connectivity index (χ1n) is 15.3. The Morgan fingerprint density at radius 1 is 0.870 bits per heavy atom. The highest BCUT2D eigenvalue weighted by Gasteiger charge is 2.34. The Morgan fingerprint density at radius 3 is 2.17 bits per heavy atom. The topological polar surface area (TPSA) is 96.0 Å². The molecule has 0 fully saturated rings. The van der Waals surface area contributed by atoms with Crippen molar-refractivity contribution in [2.75, 3.05) is 24.0 Å². The van der Waals surface area contributed by atoms with Gasteiger partial charge in [-0.1, -0.05) is 78.7 Å². The number of carbonyl (C=O) groups is 2. The van der Waals surface area contributed by atoms with Crippen molar-refractivity contribution in [2.45, 2.75) is 51.1 Å². The van der Waals surface area contributed by atoms with E-state index in [9.17, 15) is 18.0 Å². The van der Waals surface area contributed by atoms with Crippen molar-refractivity contribution in [3.05, 3.63) is 125 Å². The van der Waals surface area contributed by atoms with Gasteiger partial charge in [-0.3, -0.25) is 13.9 Å². The lowest BCUT2D eigenvalue weighted by Crippen LogP contribution is -2.53. The molecule has 4 aromatic rings. The van der Waals surface area contributed by atoms with Gasteiger partial charge in [0.1, 0.15) is 18.3 Å². The number of halogens is 1. The molecule has 242 valence electrons. The predicted octanol–water partition coefficient (Wildman–Crippen LogP) is 6.41. The molecule has 10 heteroatoms. The number of nitrogens with zero attached hydrogens (tertiary/aromatic N) is 2. The number of sulfonamides is 1. The number of nitrogens with one attached hydrogen (secondary N) is 1. The van der Waals surface area contributed by atoms with Crippen molar-refractivity contribution in [1.82, 2.24) is 10.2 Å². The zero-order valence-corrected chi connectivity index (χ0v) is 27.9. The summed E-state index contributed by atoms with van der Waals surface area (Å²) in [5.74, 6) is -0.296. The predicted molar refractivity (Wildman–Crippen MR) is 183 cm³/mol. The van der Waals surface area contributed by atoms with Crippen LogP contribution in [0, 0.1) is 6.92 Å². The fourth-order valence-electron chi connectivity index (χ4n) is 4.99. The average Bonchev–Trinajstić information content (AvgIpc) is 3.05. The monoisotopic (exact) mass is 661 g/mol. The van der Waals surface area contributed by atoms with Gasteiger partial charge in [-0.2, -0.15) is 0 Å². The van der Waals surface area contributed by atoms with Crippen LogP contribution in [0.3, 0.4) is 0 Å². The maximum Gasteiger partial charge on any atom is 0.264 e. The Balaban J connectivity index is 1.79. The summed E-state index contributed by atoms with van der Waals surface area (Å²) in [6, 6.07) is 28.6. The van der Waals surface area contributed by atoms with Crippen LogP contribution < -0.4 is 14.4 Å². The van der Waals surface area contributed by atoms with Crippen molar-refractivity contribution in [3.8, 4) is 5.75 Å². The zero-order valence-electron chi connectivity index (χ0n) is 26.4. The van der Waals surface area contributed by atoms with Crippen LogP contribution in [-0.4, -0.2) is 50.9 Å². The molecular formula is C36H40ClN3O5S. The largest absolute Gasteiger partial charge is 0.494 e. The summed E-state index contributed by atoms with van der Waals surface area (Å²) in [6.07, 6.45) is 0.947. The first-order valence-corrected chi connectivity index (χ1v) is 17.1. The molecule has 0 aliphatic carbocycles. The first kappa shape index (κ1) is 34.5. The zero-order chi connectivity index (χ0) is 33.1. The third kappa shape index (κ3) is 9.11. The van der Waals surface area contributed by atoms with Crippen molar-refractivity contribution >= 4 is 39.1 Å². The molecule has 0 heterocycles. The number of ether oxygens (including phenoxy) is 1. The van der Waals surface area contributed by atoms with Crippen LogP contribution in [0.15, 0.2) is 108 Å². The van der Waals surface area contributed by atoms with Crippen LogP contribution in [0.1, 0.15) is 37.0 Å². The molecule has 4 aromatic carbocycles. The number of carbonyl (C=O) groups excluding carboxylic acids is 2. The third-order valence-electron chi connectivity index (χ3n) is 7.39. The van der Waals surface area contributed by atoms with E-state index >= 15 is 0 Å². The lowest BCUT2D eigenvalue weighted by atomic mass is 10.0. The van der Waals surface area contributed by atoms with Crippen LogP contribution in [-0.2, 0) is 32.6 Å². The standard InChI is InChI=1S/C36H40ClN3O5S/c1-4-22-38-36(42)34(24-28-10-7-6-8-11-28)39(25-29-12-9-13-30(37)23-29)35(41)26-40(31-16-18-32(19-17-31)45-5-2)46(43,44)33-20-14-27(3)15-21-33/h6-21,23,34H,4-5,22,24-26H2,1-3H3,(H,38,42)/t34-/m0/s1. The van der Waals surface area contributed by atoms with Crippen LogP contribution in [0.4, 0.5) is 5.69 Å².